The van der Waals surface area contributed by atoms with Gasteiger partial charge in [-0.1, -0.05) is 24.3 Å². The fraction of sp³-hybridized carbons (Fsp3) is 0.0625. The molecular formula is C16H8O5. The molecule has 0 saturated carbocycles. The van der Waals surface area contributed by atoms with Crippen molar-refractivity contribution < 1.29 is 24.0 Å². The van der Waals surface area contributed by atoms with E-state index >= 15 is 0 Å². The highest BCUT2D eigenvalue weighted by Crippen LogP contribution is 2.33. The summed E-state index contributed by atoms with van der Waals surface area (Å²) < 4.78 is 0. The Morgan fingerprint density at radius 2 is 1.33 bits per heavy atom. The van der Waals surface area contributed by atoms with Gasteiger partial charge in [0.15, 0.2) is 0 Å². The number of fused-ring (bicyclic) bond motifs is 1. The Kier molecular flexibility index (Phi) is 2.83. The van der Waals surface area contributed by atoms with E-state index in [-0.39, 0.29) is 17.6 Å². The first-order valence-corrected chi connectivity index (χ1v) is 6.21. The Morgan fingerprint density at radius 3 is 2.00 bits per heavy atom. The van der Waals surface area contributed by atoms with Crippen LogP contribution in [0.15, 0.2) is 42.0 Å². The van der Waals surface area contributed by atoms with Crippen molar-refractivity contribution in [2.45, 2.75) is 6.42 Å². The Labute approximate surface area is 118 Å². The molecule has 102 valence electrons. The van der Waals surface area contributed by atoms with Crippen LogP contribution in [0, 0.1) is 0 Å². The zero-order valence-electron chi connectivity index (χ0n) is 10.7. The summed E-state index contributed by atoms with van der Waals surface area (Å²) in [6.07, 6.45) is 1.94. The lowest BCUT2D eigenvalue weighted by Gasteiger charge is -2.19. The molecule has 0 spiro atoms. The van der Waals surface area contributed by atoms with Gasteiger partial charge in [-0.3, -0.25) is 24.0 Å². The summed E-state index contributed by atoms with van der Waals surface area (Å²) in [5, 5.41) is 0. The van der Waals surface area contributed by atoms with Crippen molar-refractivity contribution in [3.05, 3.63) is 53.1 Å². The third kappa shape index (κ3) is 1.99. The lowest BCUT2D eigenvalue weighted by molar-refractivity contribution is -0.142. The van der Waals surface area contributed by atoms with E-state index in [2.05, 4.69) is 0 Å². The lowest BCUT2D eigenvalue weighted by atomic mass is 9.81. The maximum Gasteiger partial charge on any atom is 0.268 e. The summed E-state index contributed by atoms with van der Waals surface area (Å²) in [5.41, 5.74) is 1.36. The number of benzene rings is 1. The number of hydrogen-bond donors (Lipinski definition) is 0. The SMILES string of the molecule is O=C1C=C(C2=CC(=O)C(=O)c3ccccc32)CC(=O)C1=O. The van der Waals surface area contributed by atoms with Crippen LogP contribution in [0.1, 0.15) is 22.3 Å². The molecule has 0 N–H and O–H groups in total. The molecular weight excluding hydrogens is 272 g/mol. The van der Waals surface area contributed by atoms with Crippen LogP contribution in [0.4, 0.5) is 0 Å². The first-order valence-electron chi connectivity index (χ1n) is 6.21. The van der Waals surface area contributed by atoms with E-state index in [9.17, 15) is 24.0 Å². The molecule has 0 saturated heterocycles. The number of hydrogen-bond acceptors (Lipinski definition) is 5. The largest absolute Gasteiger partial charge is 0.290 e. The average molecular weight is 280 g/mol. The van der Waals surface area contributed by atoms with E-state index in [1.807, 2.05) is 0 Å². The summed E-state index contributed by atoms with van der Waals surface area (Å²) in [4.78, 5) is 57.8. The van der Waals surface area contributed by atoms with Gasteiger partial charge >= 0.3 is 0 Å². The van der Waals surface area contributed by atoms with Crippen molar-refractivity contribution in [2.75, 3.05) is 0 Å². The summed E-state index contributed by atoms with van der Waals surface area (Å²) in [6.45, 7) is 0. The van der Waals surface area contributed by atoms with Gasteiger partial charge in [-0.2, -0.15) is 0 Å². The van der Waals surface area contributed by atoms with E-state index in [1.54, 1.807) is 18.2 Å². The van der Waals surface area contributed by atoms with Gasteiger partial charge in [0.1, 0.15) is 0 Å². The molecule has 1 aromatic carbocycles. The van der Waals surface area contributed by atoms with Crippen LogP contribution in [-0.4, -0.2) is 28.9 Å². The topological polar surface area (TPSA) is 85.3 Å². The molecule has 5 nitrogen and oxygen atoms in total. The van der Waals surface area contributed by atoms with Crippen LogP contribution >= 0.6 is 0 Å². The highest BCUT2D eigenvalue weighted by molar-refractivity contribution is 6.67. The van der Waals surface area contributed by atoms with Crippen molar-refractivity contribution in [3.63, 3.8) is 0 Å². The van der Waals surface area contributed by atoms with E-state index in [0.717, 1.165) is 12.2 Å². The molecule has 0 fully saturated rings. The second-order valence-electron chi connectivity index (χ2n) is 4.76. The van der Waals surface area contributed by atoms with Crippen LogP contribution in [0.5, 0.6) is 0 Å². The lowest BCUT2D eigenvalue weighted by Crippen LogP contribution is -2.28. The van der Waals surface area contributed by atoms with E-state index in [1.165, 1.54) is 6.07 Å². The van der Waals surface area contributed by atoms with Gasteiger partial charge in [0, 0.05) is 12.0 Å². The third-order valence-electron chi connectivity index (χ3n) is 3.44. The molecule has 0 atom stereocenters. The second-order valence-corrected chi connectivity index (χ2v) is 4.76. The predicted molar refractivity (Wildman–Crippen MR) is 71.5 cm³/mol. The monoisotopic (exact) mass is 280 g/mol. The summed E-state index contributed by atoms with van der Waals surface area (Å²) in [7, 11) is 0. The molecule has 1 aromatic rings. The Hall–Kier alpha value is -2.95. The summed E-state index contributed by atoms with van der Waals surface area (Å²) in [5.74, 6) is -4.09. The molecule has 0 unspecified atom stereocenters. The molecule has 5 heteroatoms. The number of allylic oxidation sites excluding steroid dienone is 4. The minimum atomic E-state index is -1.05. The quantitative estimate of drug-likeness (QED) is 0.713. The maximum absolute atomic E-state index is 11.8. The normalized spacial score (nSPS) is 18.4. The van der Waals surface area contributed by atoms with Crippen LogP contribution in [0.3, 0.4) is 0 Å². The molecule has 0 radical (unpaired) electrons. The van der Waals surface area contributed by atoms with Gasteiger partial charge in [0.05, 0.1) is 0 Å². The summed E-state index contributed by atoms with van der Waals surface area (Å²) >= 11 is 0. The molecule has 2 aliphatic carbocycles. The van der Waals surface area contributed by atoms with E-state index in [4.69, 9.17) is 0 Å². The van der Waals surface area contributed by atoms with Crippen molar-refractivity contribution in [1.29, 1.82) is 0 Å². The number of carbonyl (C=O) groups excluding carboxylic acids is 5. The predicted octanol–water partition coefficient (Wildman–Crippen LogP) is 0.873. The Bertz CT molecular complexity index is 808. The molecule has 21 heavy (non-hydrogen) atoms. The molecule has 0 heterocycles. The number of carbonyl (C=O) groups is 5. The van der Waals surface area contributed by atoms with Crippen LogP contribution in [-0.2, 0) is 19.2 Å². The zero-order chi connectivity index (χ0) is 15.1. The van der Waals surface area contributed by atoms with Crippen LogP contribution in [0.25, 0.3) is 5.57 Å². The molecule has 0 aromatic heterocycles. The second kappa shape index (κ2) is 4.56. The Balaban J connectivity index is 2.17. The van der Waals surface area contributed by atoms with Gasteiger partial charge in [0.25, 0.3) is 5.78 Å². The fourth-order valence-electron chi connectivity index (χ4n) is 2.43. The van der Waals surface area contributed by atoms with Gasteiger partial charge in [-0.05, 0) is 28.9 Å². The fourth-order valence-corrected chi connectivity index (χ4v) is 2.43. The van der Waals surface area contributed by atoms with Crippen molar-refractivity contribution in [3.8, 4) is 0 Å². The third-order valence-corrected chi connectivity index (χ3v) is 3.44. The van der Waals surface area contributed by atoms with Crippen LogP contribution in [0.2, 0.25) is 0 Å². The van der Waals surface area contributed by atoms with E-state index in [0.29, 0.717) is 11.1 Å². The van der Waals surface area contributed by atoms with Gasteiger partial charge < -0.3 is 0 Å². The van der Waals surface area contributed by atoms with Crippen molar-refractivity contribution in [1.82, 2.24) is 0 Å². The maximum atomic E-state index is 11.8. The standard InChI is InChI=1S/C16H8O5/c17-12-5-8(6-13(18)16(12)21)11-7-14(19)15(20)10-4-2-1-3-9(10)11/h1-5,7H,6H2. The van der Waals surface area contributed by atoms with Gasteiger partial charge in [-0.15, -0.1) is 0 Å². The van der Waals surface area contributed by atoms with Crippen LogP contribution < -0.4 is 0 Å². The minimum Gasteiger partial charge on any atom is -0.290 e. The van der Waals surface area contributed by atoms with Gasteiger partial charge in [0.2, 0.25) is 23.1 Å². The van der Waals surface area contributed by atoms with Crippen molar-refractivity contribution >= 4 is 34.5 Å². The Morgan fingerprint density at radius 1 is 0.714 bits per heavy atom. The van der Waals surface area contributed by atoms with E-state index < -0.39 is 28.9 Å². The molecule has 0 aliphatic heterocycles. The highest BCUT2D eigenvalue weighted by atomic mass is 16.2. The zero-order valence-corrected chi connectivity index (χ0v) is 10.7. The number of rotatable bonds is 1. The first kappa shape index (κ1) is 13.1. The van der Waals surface area contributed by atoms with Gasteiger partial charge in [-0.25, -0.2) is 0 Å². The molecule has 0 amide bonds. The smallest absolute Gasteiger partial charge is 0.268 e. The number of Topliss-reactive ketones (excluding diaryl/α,β-unsaturated/α-hetero) is 3. The molecule has 0 bridgehead atoms. The average Bonchev–Trinajstić information content (AvgIpc) is 2.48. The molecule has 3 rings (SSSR count). The first-order chi connectivity index (χ1) is 9.99. The summed E-state index contributed by atoms with van der Waals surface area (Å²) in [6, 6.07) is 6.47. The minimum absolute atomic E-state index is 0.234. The molecule has 2 aliphatic rings. The van der Waals surface area contributed by atoms with Crippen molar-refractivity contribution in [2.24, 2.45) is 0 Å². The highest BCUT2D eigenvalue weighted by Gasteiger charge is 2.32. The number of ketones is 5.